The fourth-order valence-corrected chi connectivity index (χ4v) is 2.81. The Morgan fingerprint density at radius 3 is 1.78 bits per heavy atom. The Labute approximate surface area is 152 Å². The number of rotatable bonds is 2. The van der Waals surface area contributed by atoms with Crippen LogP contribution in [0.3, 0.4) is 0 Å². The highest BCUT2D eigenvalue weighted by Gasteiger charge is 2.38. The highest BCUT2D eigenvalue weighted by atomic mass is 19.4. The van der Waals surface area contributed by atoms with Crippen molar-refractivity contribution in [2.45, 2.75) is 12.4 Å². The summed E-state index contributed by atoms with van der Waals surface area (Å²) in [6.45, 7) is 0. The topological polar surface area (TPSA) is 0 Å². The average Bonchev–Trinajstić information content (AvgIpc) is 2.62. The number of hydrogen-bond acceptors (Lipinski definition) is 0. The zero-order valence-electron chi connectivity index (χ0n) is 13.8. The fourth-order valence-electron chi connectivity index (χ4n) is 2.81. The molecule has 0 bridgehead atoms. The molecule has 0 amide bonds. The zero-order valence-corrected chi connectivity index (χ0v) is 13.8. The van der Waals surface area contributed by atoms with Gasteiger partial charge in [0, 0.05) is 41.9 Å². The molecule has 2 aromatic carbocycles. The molecule has 0 N–H and O–H groups in total. The minimum absolute atomic E-state index is 0.136. The van der Waals surface area contributed by atoms with Gasteiger partial charge in [0.15, 0.2) is 0 Å². The first kappa shape index (κ1) is 18.9. The van der Waals surface area contributed by atoms with E-state index in [2.05, 4.69) is 0 Å². The van der Waals surface area contributed by atoms with Crippen LogP contribution < -0.4 is 0 Å². The molecule has 0 saturated heterocycles. The molecule has 138 valence electrons. The molecule has 0 aromatic heterocycles. The molecule has 0 nitrogen and oxygen atoms in total. The second-order valence-electron chi connectivity index (χ2n) is 5.90. The highest BCUT2D eigenvalue weighted by Crippen LogP contribution is 2.40. The van der Waals surface area contributed by atoms with Gasteiger partial charge in [0.2, 0.25) is 0 Å². The molecule has 0 radical (unpaired) electrons. The van der Waals surface area contributed by atoms with E-state index in [9.17, 15) is 26.3 Å². The third-order valence-corrected chi connectivity index (χ3v) is 4.00. The highest BCUT2D eigenvalue weighted by molar-refractivity contribution is 5.86. The predicted molar refractivity (Wildman–Crippen MR) is 91.5 cm³/mol. The lowest BCUT2D eigenvalue weighted by Gasteiger charge is -2.15. The number of hydrogen-bond donors (Lipinski definition) is 0. The smallest absolute Gasteiger partial charge is 0.166 e. The quantitative estimate of drug-likeness (QED) is 0.395. The van der Waals surface area contributed by atoms with Crippen LogP contribution >= 0.6 is 0 Å². The van der Waals surface area contributed by atoms with Gasteiger partial charge in [-0.2, -0.15) is 26.3 Å². The third kappa shape index (κ3) is 4.27. The van der Waals surface area contributed by atoms with Crippen molar-refractivity contribution in [3.63, 3.8) is 0 Å². The van der Waals surface area contributed by atoms with Crippen LogP contribution in [0.1, 0.15) is 22.3 Å². The molecule has 0 fully saturated rings. The molecular formula is C21H13F6+. The summed E-state index contributed by atoms with van der Waals surface area (Å²) in [5.74, 6) is 0. The van der Waals surface area contributed by atoms with Crippen molar-refractivity contribution in [3.8, 4) is 0 Å². The molecule has 0 spiro atoms. The Morgan fingerprint density at radius 2 is 1.30 bits per heavy atom. The molecule has 27 heavy (non-hydrogen) atoms. The summed E-state index contributed by atoms with van der Waals surface area (Å²) >= 11 is 0. The summed E-state index contributed by atoms with van der Waals surface area (Å²) in [6, 6.07) is 10.0. The molecule has 0 aliphatic heterocycles. The summed E-state index contributed by atoms with van der Waals surface area (Å²) in [5, 5.41) is 0. The first-order valence-corrected chi connectivity index (χ1v) is 7.94. The van der Waals surface area contributed by atoms with Crippen LogP contribution in [0.4, 0.5) is 26.3 Å². The van der Waals surface area contributed by atoms with Crippen molar-refractivity contribution in [1.82, 2.24) is 0 Å². The van der Waals surface area contributed by atoms with E-state index < -0.39 is 23.5 Å². The number of alkyl halides is 6. The van der Waals surface area contributed by atoms with E-state index in [1.54, 1.807) is 61.1 Å². The van der Waals surface area contributed by atoms with Crippen LogP contribution in [0.15, 0.2) is 78.4 Å². The molecule has 0 heterocycles. The van der Waals surface area contributed by atoms with E-state index in [-0.39, 0.29) is 11.6 Å². The van der Waals surface area contributed by atoms with Gasteiger partial charge >= 0.3 is 12.4 Å². The summed E-state index contributed by atoms with van der Waals surface area (Å²) < 4.78 is 79.4. The van der Waals surface area contributed by atoms with Crippen molar-refractivity contribution >= 4 is 5.57 Å². The summed E-state index contributed by atoms with van der Waals surface area (Å²) in [7, 11) is 0. The van der Waals surface area contributed by atoms with Crippen molar-refractivity contribution in [1.29, 1.82) is 0 Å². The van der Waals surface area contributed by atoms with Crippen LogP contribution in [0.5, 0.6) is 0 Å². The molecular weight excluding hydrogens is 366 g/mol. The number of benzene rings is 2. The Bertz CT molecular complexity index is 880. The van der Waals surface area contributed by atoms with Gasteiger partial charge in [-0.3, -0.25) is 0 Å². The van der Waals surface area contributed by atoms with Gasteiger partial charge in [0.05, 0.1) is 16.7 Å². The van der Waals surface area contributed by atoms with E-state index >= 15 is 0 Å². The Balaban J connectivity index is 2.30. The Morgan fingerprint density at radius 1 is 0.704 bits per heavy atom. The monoisotopic (exact) mass is 379 g/mol. The molecule has 0 saturated carbocycles. The van der Waals surface area contributed by atoms with Gasteiger partial charge in [-0.1, -0.05) is 18.2 Å². The summed E-state index contributed by atoms with van der Waals surface area (Å²) in [6.07, 6.45) is -1.42. The molecule has 1 aliphatic rings. The third-order valence-electron chi connectivity index (χ3n) is 4.00. The number of halogens is 6. The first-order chi connectivity index (χ1) is 12.7. The minimum Gasteiger partial charge on any atom is -0.166 e. The lowest BCUT2D eigenvalue weighted by molar-refractivity contribution is -0.143. The van der Waals surface area contributed by atoms with Crippen LogP contribution in [-0.2, 0) is 12.4 Å². The van der Waals surface area contributed by atoms with Gasteiger partial charge in [0.1, 0.15) is 5.57 Å². The minimum atomic E-state index is -4.89. The zero-order chi connectivity index (χ0) is 19.7. The second kappa shape index (κ2) is 7.02. The molecule has 1 aliphatic carbocycles. The molecule has 0 unspecified atom stereocenters. The number of allylic oxidation sites excluding steroid dienone is 5. The maximum Gasteiger partial charge on any atom is 0.416 e. The van der Waals surface area contributed by atoms with E-state index in [1.165, 1.54) is 0 Å². The van der Waals surface area contributed by atoms with Gasteiger partial charge in [0.25, 0.3) is 0 Å². The Hall–Kier alpha value is -2.89. The SMILES string of the molecule is FC(F)(F)c1cc(C(=C2C=CC=C[CH+]2)c2ccccc2)cc(C(F)(F)F)c1. The van der Waals surface area contributed by atoms with Crippen LogP contribution in [-0.4, -0.2) is 0 Å². The van der Waals surface area contributed by atoms with E-state index in [4.69, 9.17) is 0 Å². The van der Waals surface area contributed by atoms with Crippen LogP contribution in [0, 0.1) is 6.42 Å². The van der Waals surface area contributed by atoms with Crippen LogP contribution in [0.25, 0.3) is 5.57 Å². The summed E-state index contributed by atoms with van der Waals surface area (Å²) in [5.41, 5.74) is -1.47. The maximum absolute atomic E-state index is 13.2. The van der Waals surface area contributed by atoms with E-state index in [1.807, 2.05) is 0 Å². The Kier molecular flexibility index (Phi) is 4.91. The lowest BCUT2D eigenvalue weighted by atomic mass is 9.88. The molecule has 6 heteroatoms. The largest absolute Gasteiger partial charge is 0.416 e. The normalized spacial score (nSPS) is 16.2. The van der Waals surface area contributed by atoms with Gasteiger partial charge in [-0.15, -0.1) is 0 Å². The second-order valence-corrected chi connectivity index (χ2v) is 5.90. The van der Waals surface area contributed by atoms with E-state index in [0.717, 1.165) is 12.1 Å². The molecule has 2 aromatic rings. The van der Waals surface area contributed by atoms with Crippen molar-refractivity contribution in [3.05, 3.63) is 107 Å². The van der Waals surface area contributed by atoms with Crippen molar-refractivity contribution < 1.29 is 26.3 Å². The molecule has 3 rings (SSSR count). The maximum atomic E-state index is 13.2. The first-order valence-electron chi connectivity index (χ1n) is 7.94. The van der Waals surface area contributed by atoms with Gasteiger partial charge in [-0.05, 0) is 30.3 Å². The molecule has 0 atom stereocenters. The van der Waals surface area contributed by atoms with Crippen LogP contribution in [0.2, 0.25) is 0 Å². The standard InChI is InChI=1S/C21H13F6/c22-20(23,24)17-11-16(12-18(13-17)21(25,26)27)19(14-7-3-1-4-8-14)15-9-5-2-6-10-15/h1-13H/q+1. The summed E-state index contributed by atoms with van der Waals surface area (Å²) in [4.78, 5) is 0. The lowest BCUT2D eigenvalue weighted by Crippen LogP contribution is -2.12. The predicted octanol–water partition coefficient (Wildman–Crippen LogP) is 6.86. The van der Waals surface area contributed by atoms with Gasteiger partial charge < -0.3 is 0 Å². The fraction of sp³-hybridized carbons (Fsp3) is 0.0952. The van der Waals surface area contributed by atoms with Gasteiger partial charge in [-0.25, -0.2) is 0 Å². The van der Waals surface area contributed by atoms with Crippen molar-refractivity contribution in [2.75, 3.05) is 0 Å². The van der Waals surface area contributed by atoms with E-state index in [0.29, 0.717) is 16.7 Å². The average molecular weight is 379 g/mol. The van der Waals surface area contributed by atoms with Crippen molar-refractivity contribution in [2.24, 2.45) is 0 Å².